The van der Waals surface area contributed by atoms with Crippen molar-refractivity contribution in [3.63, 3.8) is 0 Å². The Hall–Kier alpha value is -1.91. The fourth-order valence-corrected chi connectivity index (χ4v) is 5.27. The number of sulfonamides is 1. The van der Waals surface area contributed by atoms with Crippen LogP contribution in [0.15, 0.2) is 46.2 Å². The molecule has 0 aliphatic carbocycles. The Morgan fingerprint density at radius 1 is 1.16 bits per heavy atom. The van der Waals surface area contributed by atoms with Gasteiger partial charge in [-0.25, -0.2) is 8.42 Å². The Morgan fingerprint density at radius 3 is 2.41 bits per heavy atom. The summed E-state index contributed by atoms with van der Waals surface area (Å²) in [6.45, 7) is 3.29. The van der Waals surface area contributed by atoms with Crippen molar-refractivity contribution >= 4 is 45.0 Å². The predicted octanol–water partition coefficient (Wildman–Crippen LogP) is 5.75. The van der Waals surface area contributed by atoms with Gasteiger partial charge in [-0.15, -0.1) is 11.8 Å². The normalized spacial score (nSPS) is 15.6. The van der Waals surface area contributed by atoms with Crippen molar-refractivity contribution in [3.8, 4) is 0 Å². The third kappa shape index (κ3) is 5.52. The molecule has 0 radical (unpaired) electrons. The van der Waals surface area contributed by atoms with Crippen LogP contribution in [0.2, 0.25) is 5.02 Å². The summed E-state index contributed by atoms with van der Waals surface area (Å²) in [6, 6.07) is 6.47. The van der Waals surface area contributed by atoms with E-state index in [2.05, 4.69) is 11.6 Å². The maximum Gasteiger partial charge on any atom is 0.416 e. The largest absolute Gasteiger partial charge is 0.416 e. The first-order valence-electron chi connectivity index (χ1n) is 9.79. The summed E-state index contributed by atoms with van der Waals surface area (Å²) in [6.07, 6.45) is -1.14. The van der Waals surface area contributed by atoms with Crippen molar-refractivity contribution in [2.75, 3.05) is 24.1 Å². The van der Waals surface area contributed by atoms with E-state index in [1.165, 1.54) is 30.0 Å². The minimum absolute atomic E-state index is 0.180. The zero-order chi connectivity index (χ0) is 23.7. The van der Waals surface area contributed by atoms with E-state index in [1.54, 1.807) is 11.2 Å². The summed E-state index contributed by atoms with van der Waals surface area (Å²) in [4.78, 5) is 15.2. The molecule has 3 rings (SSSR count). The van der Waals surface area contributed by atoms with Crippen LogP contribution >= 0.6 is 23.4 Å². The van der Waals surface area contributed by atoms with Gasteiger partial charge < -0.3 is 4.90 Å². The minimum atomic E-state index is -4.66. The van der Waals surface area contributed by atoms with Crippen LogP contribution in [0.1, 0.15) is 35.7 Å². The van der Waals surface area contributed by atoms with Crippen LogP contribution in [-0.4, -0.2) is 38.6 Å². The summed E-state index contributed by atoms with van der Waals surface area (Å²) < 4.78 is 67.0. The van der Waals surface area contributed by atoms with Crippen molar-refractivity contribution in [1.82, 2.24) is 4.90 Å². The molecule has 0 spiro atoms. The number of benzene rings is 2. The smallest absolute Gasteiger partial charge is 0.339 e. The lowest BCUT2D eigenvalue weighted by Crippen LogP contribution is -2.38. The first kappa shape index (κ1) is 24.7. The Labute approximate surface area is 194 Å². The highest BCUT2D eigenvalue weighted by Gasteiger charge is 2.32. The highest BCUT2D eigenvalue weighted by molar-refractivity contribution is 7.98. The average Bonchev–Trinajstić information content (AvgIpc) is 2.74. The molecule has 5 nitrogen and oxygen atoms in total. The number of hydrogen-bond donors (Lipinski definition) is 1. The lowest BCUT2D eigenvalue weighted by Gasteiger charge is -2.30. The summed E-state index contributed by atoms with van der Waals surface area (Å²) in [5.74, 6) is 0.252. The van der Waals surface area contributed by atoms with E-state index in [4.69, 9.17) is 11.6 Å². The topological polar surface area (TPSA) is 66.5 Å². The molecule has 174 valence electrons. The Kier molecular flexibility index (Phi) is 7.36. The van der Waals surface area contributed by atoms with Gasteiger partial charge in [0.05, 0.1) is 26.7 Å². The molecule has 1 heterocycles. The number of piperidine rings is 1. The van der Waals surface area contributed by atoms with Gasteiger partial charge in [0.2, 0.25) is 0 Å². The standard InChI is InChI=1S/C21H22ClF3N2O3S2/c1-13-7-9-27(10-8-13)20(28)16-12-15(4-6-19(16)31-2)32(29,30)26-18-11-14(21(23,24)25)3-5-17(18)22/h3-6,11-13,26H,7-10H2,1-2H3. The van der Waals surface area contributed by atoms with E-state index in [1.807, 2.05) is 0 Å². The van der Waals surface area contributed by atoms with Crippen molar-refractivity contribution in [1.29, 1.82) is 0 Å². The zero-order valence-electron chi connectivity index (χ0n) is 17.4. The molecule has 0 unspecified atom stereocenters. The minimum Gasteiger partial charge on any atom is -0.339 e. The quantitative estimate of drug-likeness (QED) is 0.524. The van der Waals surface area contributed by atoms with Crippen LogP contribution in [0.5, 0.6) is 0 Å². The molecule has 0 bridgehead atoms. The van der Waals surface area contributed by atoms with Gasteiger partial charge in [-0.05, 0) is 61.4 Å². The van der Waals surface area contributed by atoms with Gasteiger partial charge in [-0.3, -0.25) is 9.52 Å². The summed E-state index contributed by atoms with van der Waals surface area (Å²) in [5.41, 5.74) is -1.19. The number of halogens is 4. The molecule has 0 atom stereocenters. The summed E-state index contributed by atoms with van der Waals surface area (Å²) in [7, 11) is -4.30. The van der Waals surface area contributed by atoms with Crippen molar-refractivity contribution in [2.45, 2.75) is 35.7 Å². The Bertz CT molecular complexity index is 1120. The summed E-state index contributed by atoms with van der Waals surface area (Å²) >= 11 is 7.23. The number of nitrogens with one attached hydrogen (secondary N) is 1. The molecular weight excluding hydrogens is 485 g/mol. The van der Waals surface area contributed by atoms with Crippen LogP contribution in [0.3, 0.4) is 0 Å². The van der Waals surface area contributed by atoms with E-state index in [-0.39, 0.29) is 21.4 Å². The van der Waals surface area contributed by atoms with Crippen LogP contribution in [0, 0.1) is 5.92 Å². The number of amides is 1. The molecule has 1 N–H and O–H groups in total. The number of rotatable bonds is 5. The van der Waals surface area contributed by atoms with Crippen molar-refractivity contribution < 1.29 is 26.4 Å². The van der Waals surface area contributed by atoms with E-state index in [0.717, 1.165) is 25.0 Å². The monoisotopic (exact) mass is 506 g/mol. The van der Waals surface area contributed by atoms with Crippen LogP contribution in [0.4, 0.5) is 18.9 Å². The second-order valence-electron chi connectivity index (χ2n) is 7.63. The number of hydrogen-bond acceptors (Lipinski definition) is 4. The molecule has 0 saturated carbocycles. The van der Waals surface area contributed by atoms with Crippen molar-refractivity contribution in [2.24, 2.45) is 5.92 Å². The van der Waals surface area contributed by atoms with E-state index in [9.17, 15) is 26.4 Å². The van der Waals surface area contributed by atoms with Crippen molar-refractivity contribution in [3.05, 3.63) is 52.5 Å². The molecule has 1 fully saturated rings. The fourth-order valence-electron chi connectivity index (χ4n) is 3.39. The molecule has 2 aromatic carbocycles. The number of carbonyl (C=O) groups excluding carboxylic acids is 1. The van der Waals surface area contributed by atoms with Gasteiger partial charge in [-0.1, -0.05) is 18.5 Å². The van der Waals surface area contributed by atoms with E-state index in [0.29, 0.717) is 30.0 Å². The van der Waals surface area contributed by atoms with Gasteiger partial charge in [0, 0.05) is 18.0 Å². The third-order valence-corrected chi connectivity index (χ3v) is 7.81. The van der Waals surface area contributed by atoms with Crippen LogP contribution in [0.25, 0.3) is 0 Å². The molecule has 1 aliphatic rings. The Morgan fingerprint density at radius 2 is 1.81 bits per heavy atom. The molecule has 1 amide bonds. The average molecular weight is 507 g/mol. The first-order valence-corrected chi connectivity index (χ1v) is 12.9. The summed E-state index contributed by atoms with van der Waals surface area (Å²) in [5, 5.41) is -0.180. The number of likely N-dealkylation sites (tertiary alicyclic amines) is 1. The van der Waals surface area contributed by atoms with Gasteiger partial charge >= 0.3 is 6.18 Å². The van der Waals surface area contributed by atoms with Crippen LogP contribution < -0.4 is 4.72 Å². The number of nitrogens with zero attached hydrogens (tertiary/aromatic N) is 1. The SMILES string of the molecule is CSc1ccc(S(=O)(=O)Nc2cc(C(F)(F)F)ccc2Cl)cc1C(=O)N1CCC(C)CC1. The second-order valence-corrected chi connectivity index (χ2v) is 10.6. The van der Waals surface area contributed by atoms with Gasteiger partial charge in [0.1, 0.15) is 0 Å². The van der Waals surface area contributed by atoms with Gasteiger partial charge in [-0.2, -0.15) is 13.2 Å². The molecular formula is C21H22ClF3N2O3S2. The second kappa shape index (κ2) is 9.52. The fraction of sp³-hybridized carbons (Fsp3) is 0.381. The Balaban J connectivity index is 1.94. The molecule has 32 heavy (non-hydrogen) atoms. The van der Waals surface area contributed by atoms with Crippen LogP contribution in [-0.2, 0) is 16.2 Å². The number of alkyl halides is 3. The third-order valence-electron chi connectivity index (χ3n) is 5.32. The number of carbonyl (C=O) groups is 1. The van der Waals surface area contributed by atoms with Gasteiger partial charge in [0.15, 0.2) is 0 Å². The zero-order valence-corrected chi connectivity index (χ0v) is 19.8. The lowest BCUT2D eigenvalue weighted by atomic mass is 9.98. The lowest BCUT2D eigenvalue weighted by molar-refractivity contribution is -0.137. The molecule has 11 heteroatoms. The number of thioether (sulfide) groups is 1. The van der Waals surface area contributed by atoms with E-state index >= 15 is 0 Å². The van der Waals surface area contributed by atoms with Gasteiger partial charge in [0.25, 0.3) is 15.9 Å². The maximum absolute atomic E-state index is 13.1. The first-order chi connectivity index (χ1) is 14.9. The molecule has 1 saturated heterocycles. The molecule has 1 aliphatic heterocycles. The van der Waals surface area contributed by atoms with E-state index < -0.39 is 27.5 Å². The maximum atomic E-state index is 13.1. The highest BCUT2D eigenvalue weighted by atomic mass is 35.5. The molecule has 2 aromatic rings. The number of anilines is 1. The highest BCUT2D eigenvalue weighted by Crippen LogP contribution is 2.35. The molecule has 0 aromatic heterocycles. The predicted molar refractivity (Wildman–Crippen MR) is 120 cm³/mol.